The van der Waals surface area contributed by atoms with Crippen LogP contribution >= 0.6 is 0 Å². The number of rotatable bonds is 4. The van der Waals surface area contributed by atoms with E-state index >= 15 is 0 Å². The van der Waals surface area contributed by atoms with Crippen molar-refractivity contribution in [3.05, 3.63) is 51.5 Å². The van der Waals surface area contributed by atoms with Crippen LogP contribution in [0.3, 0.4) is 0 Å². The second-order valence-electron chi connectivity index (χ2n) is 7.12. The van der Waals surface area contributed by atoms with Gasteiger partial charge in [0, 0.05) is 43.9 Å². The van der Waals surface area contributed by atoms with Gasteiger partial charge in [0.25, 0.3) is 11.6 Å². The Labute approximate surface area is 162 Å². The molecular weight excluding hydrogens is 362 g/mol. The van der Waals surface area contributed by atoms with Gasteiger partial charge in [-0.25, -0.2) is 9.97 Å². The SMILES string of the molecule is Cc1cc(N2CCN(C(=O)c3ccc(O)cc3[N+](=O)[O-])CC2)nc(C(C)C)n1. The van der Waals surface area contributed by atoms with E-state index in [-0.39, 0.29) is 22.9 Å². The Morgan fingerprint density at radius 1 is 1.18 bits per heavy atom. The first-order valence-electron chi connectivity index (χ1n) is 9.13. The van der Waals surface area contributed by atoms with E-state index < -0.39 is 10.8 Å². The van der Waals surface area contributed by atoms with Crippen LogP contribution in [0.2, 0.25) is 0 Å². The van der Waals surface area contributed by atoms with E-state index in [1.807, 2.05) is 26.8 Å². The first-order valence-corrected chi connectivity index (χ1v) is 9.13. The average molecular weight is 385 g/mol. The van der Waals surface area contributed by atoms with E-state index in [0.717, 1.165) is 23.4 Å². The zero-order valence-electron chi connectivity index (χ0n) is 16.1. The Balaban J connectivity index is 1.74. The summed E-state index contributed by atoms with van der Waals surface area (Å²) in [5.74, 6) is 1.19. The maximum atomic E-state index is 12.8. The van der Waals surface area contributed by atoms with Gasteiger partial charge < -0.3 is 14.9 Å². The lowest BCUT2D eigenvalue weighted by atomic mass is 10.1. The molecule has 0 bridgehead atoms. The van der Waals surface area contributed by atoms with Gasteiger partial charge in [0.05, 0.1) is 11.0 Å². The summed E-state index contributed by atoms with van der Waals surface area (Å²) in [6.45, 7) is 8.02. The average Bonchev–Trinajstić information content (AvgIpc) is 2.67. The van der Waals surface area contributed by atoms with Gasteiger partial charge in [0.15, 0.2) is 0 Å². The number of phenolic OH excluding ortho intramolecular Hbond substituents is 1. The summed E-state index contributed by atoms with van der Waals surface area (Å²) < 4.78 is 0. The van der Waals surface area contributed by atoms with E-state index in [2.05, 4.69) is 14.9 Å². The summed E-state index contributed by atoms with van der Waals surface area (Å²) in [6.07, 6.45) is 0. The van der Waals surface area contributed by atoms with Crippen LogP contribution in [0.25, 0.3) is 0 Å². The Bertz CT molecular complexity index is 907. The lowest BCUT2D eigenvalue weighted by Gasteiger charge is -2.35. The Kier molecular flexibility index (Phi) is 5.43. The molecule has 1 N–H and O–H groups in total. The molecule has 9 heteroatoms. The van der Waals surface area contributed by atoms with Crippen molar-refractivity contribution in [2.24, 2.45) is 0 Å². The normalized spacial score (nSPS) is 14.4. The largest absolute Gasteiger partial charge is 0.508 e. The summed E-state index contributed by atoms with van der Waals surface area (Å²) in [7, 11) is 0. The number of amides is 1. The molecule has 0 spiro atoms. The highest BCUT2D eigenvalue weighted by atomic mass is 16.6. The van der Waals surface area contributed by atoms with Gasteiger partial charge in [-0.3, -0.25) is 14.9 Å². The summed E-state index contributed by atoms with van der Waals surface area (Å²) in [4.78, 5) is 36.1. The lowest BCUT2D eigenvalue weighted by molar-refractivity contribution is -0.385. The first-order chi connectivity index (χ1) is 13.3. The maximum Gasteiger partial charge on any atom is 0.285 e. The van der Waals surface area contributed by atoms with E-state index in [1.54, 1.807) is 4.90 Å². The van der Waals surface area contributed by atoms with E-state index in [4.69, 9.17) is 0 Å². The van der Waals surface area contributed by atoms with Crippen LogP contribution in [0.1, 0.15) is 41.6 Å². The Morgan fingerprint density at radius 2 is 1.86 bits per heavy atom. The van der Waals surface area contributed by atoms with Crippen molar-refractivity contribution < 1.29 is 14.8 Å². The molecule has 1 aromatic heterocycles. The number of nitro groups is 1. The molecule has 1 aromatic carbocycles. The predicted octanol–water partition coefficient (Wildman–Crippen LogP) is 2.48. The van der Waals surface area contributed by atoms with Crippen LogP contribution in [0.5, 0.6) is 5.75 Å². The molecule has 0 aliphatic carbocycles. The van der Waals surface area contributed by atoms with E-state index in [9.17, 15) is 20.0 Å². The van der Waals surface area contributed by atoms with Crippen molar-refractivity contribution in [2.45, 2.75) is 26.7 Å². The molecule has 0 radical (unpaired) electrons. The minimum Gasteiger partial charge on any atom is -0.508 e. The molecule has 0 unspecified atom stereocenters. The molecule has 1 aliphatic rings. The lowest BCUT2D eigenvalue weighted by Crippen LogP contribution is -2.49. The fourth-order valence-electron chi connectivity index (χ4n) is 3.16. The Morgan fingerprint density at radius 3 is 2.46 bits per heavy atom. The van der Waals surface area contributed by atoms with Crippen LogP contribution in [-0.2, 0) is 0 Å². The third-order valence-corrected chi connectivity index (χ3v) is 4.67. The predicted molar refractivity (Wildman–Crippen MR) is 104 cm³/mol. The number of hydrogen-bond acceptors (Lipinski definition) is 7. The zero-order chi connectivity index (χ0) is 20.4. The van der Waals surface area contributed by atoms with Crippen molar-refractivity contribution in [1.29, 1.82) is 0 Å². The van der Waals surface area contributed by atoms with E-state index in [0.29, 0.717) is 26.2 Å². The van der Waals surface area contributed by atoms with Crippen molar-refractivity contribution in [3.63, 3.8) is 0 Å². The number of benzene rings is 1. The topological polar surface area (TPSA) is 113 Å². The number of carbonyl (C=O) groups excluding carboxylic acids is 1. The van der Waals surface area contributed by atoms with Gasteiger partial charge in [0.2, 0.25) is 0 Å². The van der Waals surface area contributed by atoms with E-state index in [1.165, 1.54) is 12.1 Å². The van der Waals surface area contributed by atoms with Gasteiger partial charge in [-0.2, -0.15) is 0 Å². The number of nitrogens with zero attached hydrogens (tertiary/aromatic N) is 5. The highest BCUT2D eigenvalue weighted by molar-refractivity contribution is 5.98. The van der Waals surface area contributed by atoms with Gasteiger partial charge in [-0.1, -0.05) is 13.8 Å². The quantitative estimate of drug-likeness (QED) is 0.635. The summed E-state index contributed by atoms with van der Waals surface area (Å²) in [5, 5.41) is 20.7. The summed E-state index contributed by atoms with van der Waals surface area (Å²) in [5.41, 5.74) is 0.489. The molecule has 0 saturated carbocycles. The number of carbonyl (C=O) groups is 1. The first kappa shape index (κ1) is 19.5. The molecule has 2 heterocycles. The molecule has 3 rings (SSSR count). The molecule has 28 heavy (non-hydrogen) atoms. The highest BCUT2D eigenvalue weighted by Crippen LogP contribution is 2.26. The van der Waals surface area contributed by atoms with Gasteiger partial charge in [-0.15, -0.1) is 0 Å². The smallest absolute Gasteiger partial charge is 0.285 e. The standard InChI is InChI=1S/C19H23N5O4/c1-12(2)18-20-13(3)10-17(21-18)22-6-8-23(9-7-22)19(26)15-5-4-14(25)11-16(15)24(27)28/h4-5,10-12,25H,6-9H2,1-3H3. The summed E-state index contributed by atoms with van der Waals surface area (Å²) >= 11 is 0. The minimum absolute atomic E-state index is 0.0174. The van der Waals surface area contributed by atoms with Gasteiger partial charge >= 0.3 is 0 Å². The number of piperazine rings is 1. The van der Waals surface area contributed by atoms with Crippen LogP contribution in [-0.4, -0.2) is 57.0 Å². The molecule has 1 aliphatic heterocycles. The van der Waals surface area contributed by atoms with Crippen molar-refractivity contribution >= 4 is 17.4 Å². The van der Waals surface area contributed by atoms with Crippen molar-refractivity contribution in [3.8, 4) is 5.75 Å². The third-order valence-electron chi connectivity index (χ3n) is 4.67. The second kappa shape index (κ2) is 7.79. The fraction of sp³-hybridized carbons (Fsp3) is 0.421. The molecular formula is C19H23N5O4. The zero-order valence-corrected chi connectivity index (χ0v) is 16.1. The van der Waals surface area contributed by atoms with Crippen LogP contribution in [0.4, 0.5) is 11.5 Å². The number of nitro benzene ring substituents is 1. The highest BCUT2D eigenvalue weighted by Gasteiger charge is 2.28. The fourth-order valence-corrected chi connectivity index (χ4v) is 3.16. The summed E-state index contributed by atoms with van der Waals surface area (Å²) in [6, 6.07) is 5.51. The number of aromatic hydroxyl groups is 1. The maximum absolute atomic E-state index is 12.8. The van der Waals surface area contributed by atoms with Gasteiger partial charge in [-0.05, 0) is 19.1 Å². The molecule has 9 nitrogen and oxygen atoms in total. The number of aromatic nitrogens is 2. The van der Waals surface area contributed by atoms with Crippen LogP contribution in [0, 0.1) is 17.0 Å². The molecule has 2 aromatic rings. The van der Waals surface area contributed by atoms with Crippen LogP contribution < -0.4 is 4.90 Å². The monoisotopic (exact) mass is 385 g/mol. The van der Waals surface area contributed by atoms with Crippen molar-refractivity contribution in [2.75, 3.05) is 31.1 Å². The molecule has 1 saturated heterocycles. The molecule has 0 atom stereocenters. The molecule has 148 valence electrons. The third kappa shape index (κ3) is 4.03. The van der Waals surface area contributed by atoms with Gasteiger partial charge in [0.1, 0.15) is 23.0 Å². The number of anilines is 1. The number of aryl methyl sites for hydroxylation is 1. The number of hydrogen-bond donors (Lipinski definition) is 1. The molecule has 1 amide bonds. The molecule has 1 fully saturated rings. The number of phenols is 1. The van der Waals surface area contributed by atoms with Crippen molar-refractivity contribution in [1.82, 2.24) is 14.9 Å². The van der Waals surface area contributed by atoms with Crippen LogP contribution in [0.15, 0.2) is 24.3 Å². The minimum atomic E-state index is -0.652. The Hall–Kier alpha value is -3.23. The second-order valence-corrected chi connectivity index (χ2v) is 7.12.